The number of nitrogens with one attached hydrogen (secondary N) is 2. The molecule has 4 heteroatoms. The summed E-state index contributed by atoms with van der Waals surface area (Å²) in [6.07, 6.45) is 4.97. The third-order valence-electron chi connectivity index (χ3n) is 3.81. The second-order valence-corrected chi connectivity index (χ2v) is 5.83. The van der Waals surface area contributed by atoms with E-state index in [0.29, 0.717) is 18.5 Å². The number of benzene rings is 1. The van der Waals surface area contributed by atoms with Crippen molar-refractivity contribution in [3.8, 4) is 5.75 Å². The van der Waals surface area contributed by atoms with E-state index < -0.39 is 0 Å². The van der Waals surface area contributed by atoms with Gasteiger partial charge in [0.15, 0.2) is 0 Å². The number of rotatable bonds is 9. The first-order valence-electron chi connectivity index (χ1n) is 7.83. The van der Waals surface area contributed by atoms with E-state index in [9.17, 15) is 4.79 Å². The zero-order valence-corrected chi connectivity index (χ0v) is 13.0. The number of amides is 1. The predicted octanol–water partition coefficient (Wildman–Crippen LogP) is 2.27. The summed E-state index contributed by atoms with van der Waals surface area (Å²) in [4.78, 5) is 11.6. The minimum atomic E-state index is 0.173. The maximum atomic E-state index is 11.6. The van der Waals surface area contributed by atoms with E-state index >= 15 is 0 Å². The molecule has 0 radical (unpaired) electrons. The highest BCUT2D eigenvalue weighted by atomic mass is 16.5. The number of hydrogen-bond acceptors (Lipinski definition) is 3. The number of aryl methyl sites for hydroxylation is 1. The normalized spacial score (nSPS) is 15.5. The maximum Gasteiger partial charge on any atom is 0.221 e. The molecule has 1 saturated carbocycles. The van der Waals surface area contributed by atoms with E-state index in [1.165, 1.54) is 5.56 Å². The van der Waals surface area contributed by atoms with Crippen LogP contribution in [0.5, 0.6) is 5.75 Å². The van der Waals surface area contributed by atoms with Gasteiger partial charge in [-0.3, -0.25) is 4.79 Å². The van der Waals surface area contributed by atoms with Crippen molar-refractivity contribution in [1.82, 2.24) is 10.6 Å². The molecular weight excluding hydrogens is 264 g/mol. The zero-order chi connectivity index (χ0) is 15.1. The molecule has 0 heterocycles. The lowest BCUT2D eigenvalue weighted by Gasteiger charge is -2.13. The summed E-state index contributed by atoms with van der Waals surface area (Å²) in [7, 11) is 1.68. The third-order valence-corrected chi connectivity index (χ3v) is 3.81. The lowest BCUT2D eigenvalue weighted by atomic mass is 10.1. The molecule has 1 unspecified atom stereocenters. The van der Waals surface area contributed by atoms with E-state index in [0.717, 1.165) is 38.0 Å². The number of carbonyl (C=O) groups excluding carboxylic acids is 1. The summed E-state index contributed by atoms with van der Waals surface area (Å²) >= 11 is 0. The van der Waals surface area contributed by atoms with E-state index in [2.05, 4.69) is 29.7 Å². The van der Waals surface area contributed by atoms with Gasteiger partial charge in [0, 0.05) is 25.0 Å². The lowest BCUT2D eigenvalue weighted by molar-refractivity contribution is -0.121. The molecule has 0 aromatic heterocycles. The van der Waals surface area contributed by atoms with Gasteiger partial charge in [0.05, 0.1) is 7.11 Å². The topological polar surface area (TPSA) is 50.4 Å². The van der Waals surface area contributed by atoms with Crippen LogP contribution in [0.25, 0.3) is 0 Å². The molecule has 0 aliphatic heterocycles. The van der Waals surface area contributed by atoms with Crippen LogP contribution in [0.3, 0.4) is 0 Å². The Hall–Kier alpha value is -1.55. The Morgan fingerprint density at radius 1 is 1.33 bits per heavy atom. The number of hydrogen-bond donors (Lipinski definition) is 2. The molecule has 1 aliphatic rings. The molecule has 4 nitrogen and oxygen atoms in total. The summed E-state index contributed by atoms with van der Waals surface area (Å²) in [5.41, 5.74) is 1.32. The molecule has 0 spiro atoms. The quantitative estimate of drug-likeness (QED) is 0.733. The van der Waals surface area contributed by atoms with Crippen molar-refractivity contribution in [3.05, 3.63) is 29.8 Å². The van der Waals surface area contributed by atoms with Gasteiger partial charge in [-0.05, 0) is 50.3 Å². The van der Waals surface area contributed by atoms with Crippen LogP contribution in [0.4, 0.5) is 0 Å². The summed E-state index contributed by atoms with van der Waals surface area (Å²) in [5, 5.41) is 6.42. The highest BCUT2D eigenvalue weighted by Crippen LogP contribution is 2.18. The molecule has 0 saturated heterocycles. The van der Waals surface area contributed by atoms with Gasteiger partial charge in [0.25, 0.3) is 0 Å². The summed E-state index contributed by atoms with van der Waals surface area (Å²) in [5.74, 6) is 1.07. The third kappa shape index (κ3) is 6.17. The van der Waals surface area contributed by atoms with Gasteiger partial charge in [-0.1, -0.05) is 12.1 Å². The molecule has 1 aromatic carbocycles. The molecule has 2 N–H and O–H groups in total. The summed E-state index contributed by atoms with van der Waals surface area (Å²) in [6.45, 7) is 2.92. The van der Waals surface area contributed by atoms with Gasteiger partial charge in [-0.2, -0.15) is 0 Å². The Kier molecular flexibility index (Phi) is 6.05. The summed E-state index contributed by atoms with van der Waals surface area (Å²) < 4.78 is 5.15. The molecule has 1 fully saturated rings. The SMILES string of the molecule is COc1ccc(CCC(C)NCCC(=O)NC2CC2)cc1. The van der Waals surface area contributed by atoms with Crippen molar-refractivity contribution >= 4 is 5.91 Å². The smallest absolute Gasteiger partial charge is 0.221 e. The Labute approximate surface area is 127 Å². The van der Waals surface area contributed by atoms with Crippen molar-refractivity contribution in [2.75, 3.05) is 13.7 Å². The Bertz CT molecular complexity index is 441. The van der Waals surface area contributed by atoms with Crippen molar-refractivity contribution in [2.24, 2.45) is 0 Å². The maximum absolute atomic E-state index is 11.6. The van der Waals surface area contributed by atoms with Gasteiger partial charge in [-0.25, -0.2) is 0 Å². The van der Waals surface area contributed by atoms with Gasteiger partial charge in [0.2, 0.25) is 5.91 Å². The first-order chi connectivity index (χ1) is 10.2. The standard InChI is InChI=1S/C17H26N2O2/c1-13(18-12-11-17(20)19-15-7-8-15)3-4-14-5-9-16(21-2)10-6-14/h5-6,9-10,13,15,18H,3-4,7-8,11-12H2,1-2H3,(H,19,20). The Balaban J connectivity index is 1.57. The average molecular weight is 290 g/mol. The van der Waals surface area contributed by atoms with E-state index in [1.807, 2.05) is 12.1 Å². The molecule has 1 aromatic rings. The van der Waals surface area contributed by atoms with Crippen LogP contribution in [0.1, 0.15) is 38.2 Å². The van der Waals surface area contributed by atoms with Crippen LogP contribution >= 0.6 is 0 Å². The fraction of sp³-hybridized carbons (Fsp3) is 0.588. The van der Waals surface area contributed by atoms with Crippen molar-refractivity contribution in [3.63, 3.8) is 0 Å². The van der Waals surface area contributed by atoms with Gasteiger partial charge in [-0.15, -0.1) is 0 Å². The predicted molar refractivity (Wildman–Crippen MR) is 84.6 cm³/mol. The van der Waals surface area contributed by atoms with E-state index in [1.54, 1.807) is 7.11 Å². The van der Waals surface area contributed by atoms with Crippen molar-refractivity contribution in [2.45, 2.75) is 51.1 Å². The molecule has 0 bridgehead atoms. The first kappa shape index (κ1) is 15.8. The number of carbonyl (C=O) groups is 1. The fourth-order valence-electron chi connectivity index (χ4n) is 2.24. The number of methoxy groups -OCH3 is 1. The monoisotopic (exact) mass is 290 g/mol. The fourth-order valence-corrected chi connectivity index (χ4v) is 2.24. The Morgan fingerprint density at radius 3 is 2.67 bits per heavy atom. The molecule has 116 valence electrons. The highest BCUT2D eigenvalue weighted by molar-refractivity contribution is 5.76. The molecule has 1 atom stereocenters. The molecule has 1 amide bonds. The second-order valence-electron chi connectivity index (χ2n) is 5.83. The van der Waals surface area contributed by atoms with Crippen molar-refractivity contribution < 1.29 is 9.53 Å². The van der Waals surface area contributed by atoms with Gasteiger partial charge >= 0.3 is 0 Å². The van der Waals surface area contributed by atoms with Crippen LogP contribution in [0.15, 0.2) is 24.3 Å². The van der Waals surface area contributed by atoms with Gasteiger partial charge in [0.1, 0.15) is 5.75 Å². The van der Waals surface area contributed by atoms with E-state index in [4.69, 9.17) is 4.74 Å². The highest BCUT2D eigenvalue weighted by Gasteiger charge is 2.22. The molecular formula is C17H26N2O2. The second kappa shape index (κ2) is 8.03. The lowest BCUT2D eigenvalue weighted by Crippen LogP contribution is -2.33. The number of ether oxygens (including phenoxy) is 1. The van der Waals surface area contributed by atoms with Crippen molar-refractivity contribution in [1.29, 1.82) is 0 Å². The van der Waals surface area contributed by atoms with Crippen LogP contribution < -0.4 is 15.4 Å². The summed E-state index contributed by atoms with van der Waals surface area (Å²) in [6, 6.07) is 9.08. The minimum absolute atomic E-state index is 0.173. The van der Waals surface area contributed by atoms with Crippen LogP contribution in [-0.2, 0) is 11.2 Å². The average Bonchev–Trinajstić information content (AvgIpc) is 3.29. The first-order valence-corrected chi connectivity index (χ1v) is 7.83. The molecule has 2 rings (SSSR count). The molecule has 21 heavy (non-hydrogen) atoms. The Morgan fingerprint density at radius 2 is 2.05 bits per heavy atom. The molecule has 1 aliphatic carbocycles. The minimum Gasteiger partial charge on any atom is -0.497 e. The zero-order valence-electron chi connectivity index (χ0n) is 13.0. The van der Waals surface area contributed by atoms with E-state index in [-0.39, 0.29) is 5.91 Å². The van der Waals surface area contributed by atoms with Crippen LogP contribution in [0, 0.1) is 0 Å². The van der Waals surface area contributed by atoms with Crippen LogP contribution in [0.2, 0.25) is 0 Å². The van der Waals surface area contributed by atoms with Crippen LogP contribution in [-0.4, -0.2) is 31.6 Å². The largest absolute Gasteiger partial charge is 0.497 e. The van der Waals surface area contributed by atoms with Gasteiger partial charge < -0.3 is 15.4 Å².